The standard InChI is InChI=1S/C14H10BrF3N2/c15-12-5-1-3-10(7-12)9-19-20-13-6-2-4-11(8-13)14(16,17)18/h1-9,20H/b19-9-. The van der Waals surface area contributed by atoms with Gasteiger partial charge in [0.2, 0.25) is 0 Å². The molecule has 0 aliphatic rings. The van der Waals surface area contributed by atoms with Gasteiger partial charge in [-0.05, 0) is 35.9 Å². The van der Waals surface area contributed by atoms with E-state index in [0.717, 1.165) is 22.2 Å². The highest BCUT2D eigenvalue weighted by atomic mass is 79.9. The molecule has 0 spiro atoms. The number of benzene rings is 2. The number of anilines is 1. The number of hydrogen-bond donors (Lipinski definition) is 1. The van der Waals surface area contributed by atoms with E-state index in [2.05, 4.69) is 26.5 Å². The fourth-order valence-electron chi connectivity index (χ4n) is 1.53. The van der Waals surface area contributed by atoms with Crippen molar-refractivity contribution in [3.05, 3.63) is 64.1 Å². The summed E-state index contributed by atoms with van der Waals surface area (Å²) >= 11 is 3.32. The maximum absolute atomic E-state index is 12.5. The average molecular weight is 343 g/mol. The molecule has 0 heterocycles. The van der Waals surface area contributed by atoms with Gasteiger partial charge in [0.25, 0.3) is 0 Å². The lowest BCUT2D eigenvalue weighted by atomic mass is 10.2. The van der Waals surface area contributed by atoms with Gasteiger partial charge in [-0.3, -0.25) is 5.43 Å². The van der Waals surface area contributed by atoms with Crippen LogP contribution in [-0.4, -0.2) is 6.21 Å². The Balaban J connectivity index is 2.08. The van der Waals surface area contributed by atoms with Gasteiger partial charge in [-0.2, -0.15) is 18.3 Å². The number of nitrogens with one attached hydrogen (secondary N) is 1. The summed E-state index contributed by atoms with van der Waals surface area (Å²) < 4.78 is 38.5. The number of hydrazone groups is 1. The zero-order chi connectivity index (χ0) is 14.6. The summed E-state index contributed by atoms with van der Waals surface area (Å²) in [6, 6.07) is 12.3. The molecule has 2 aromatic rings. The minimum Gasteiger partial charge on any atom is -0.278 e. The van der Waals surface area contributed by atoms with E-state index in [1.807, 2.05) is 24.3 Å². The molecule has 104 valence electrons. The first-order valence-corrected chi connectivity index (χ1v) is 6.46. The highest BCUT2D eigenvalue weighted by Crippen LogP contribution is 2.30. The van der Waals surface area contributed by atoms with E-state index in [1.165, 1.54) is 18.3 Å². The van der Waals surface area contributed by atoms with Crippen molar-refractivity contribution in [1.82, 2.24) is 0 Å². The Morgan fingerprint density at radius 2 is 1.80 bits per heavy atom. The predicted molar refractivity (Wildman–Crippen MR) is 76.8 cm³/mol. The normalized spacial score (nSPS) is 11.8. The largest absolute Gasteiger partial charge is 0.416 e. The van der Waals surface area contributed by atoms with Crippen LogP contribution < -0.4 is 5.43 Å². The van der Waals surface area contributed by atoms with Crippen LogP contribution in [0.15, 0.2) is 58.1 Å². The van der Waals surface area contributed by atoms with E-state index in [9.17, 15) is 13.2 Å². The summed E-state index contributed by atoms with van der Waals surface area (Å²) in [6.07, 6.45) is -2.82. The Hall–Kier alpha value is -1.82. The molecular weight excluding hydrogens is 333 g/mol. The van der Waals surface area contributed by atoms with Crippen molar-refractivity contribution in [1.29, 1.82) is 0 Å². The van der Waals surface area contributed by atoms with Crippen molar-refractivity contribution < 1.29 is 13.2 Å². The second kappa shape index (κ2) is 6.09. The molecule has 20 heavy (non-hydrogen) atoms. The Morgan fingerprint density at radius 1 is 1.05 bits per heavy atom. The number of alkyl halides is 3. The minimum absolute atomic E-state index is 0.283. The number of nitrogens with zero attached hydrogens (tertiary/aromatic N) is 1. The van der Waals surface area contributed by atoms with Crippen molar-refractivity contribution in [2.75, 3.05) is 5.43 Å². The summed E-state index contributed by atoms with van der Waals surface area (Å²) in [7, 11) is 0. The molecule has 2 aromatic carbocycles. The second-order valence-electron chi connectivity index (χ2n) is 4.00. The first-order valence-electron chi connectivity index (χ1n) is 5.67. The van der Waals surface area contributed by atoms with E-state index in [1.54, 1.807) is 0 Å². The molecule has 0 bridgehead atoms. The van der Waals surface area contributed by atoms with Gasteiger partial charge in [0.05, 0.1) is 17.5 Å². The van der Waals surface area contributed by atoms with Gasteiger partial charge < -0.3 is 0 Å². The fourth-order valence-corrected chi connectivity index (χ4v) is 1.95. The Morgan fingerprint density at radius 3 is 2.50 bits per heavy atom. The maximum atomic E-state index is 12.5. The lowest BCUT2D eigenvalue weighted by Gasteiger charge is -2.07. The van der Waals surface area contributed by atoms with E-state index < -0.39 is 11.7 Å². The Kier molecular flexibility index (Phi) is 4.44. The molecular formula is C14H10BrF3N2. The number of hydrogen-bond acceptors (Lipinski definition) is 2. The summed E-state index contributed by atoms with van der Waals surface area (Å²) in [4.78, 5) is 0. The van der Waals surface area contributed by atoms with Gasteiger partial charge in [-0.15, -0.1) is 0 Å². The first kappa shape index (κ1) is 14.6. The van der Waals surface area contributed by atoms with E-state index >= 15 is 0 Å². The lowest BCUT2D eigenvalue weighted by Crippen LogP contribution is -2.05. The van der Waals surface area contributed by atoms with Gasteiger partial charge >= 0.3 is 6.18 Å². The summed E-state index contributed by atoms with van der Waals surface area (Å²) in [5, 5.41) is 3.91. The number of rotatable bonds is 3. The van der Waals surface area contributed by atoms with E-state index in [-0.39, 0.29) is 5.69 Å². The van der Waals surface area contributed by atoms with Gasteiger partial charge in [-0.1, -0.05) is 34.1 Å². The van der Waals surface area contributed by atoms with Gasteiger partial charge in [0.1, 0.15) is 0 Å². The molecule has 1 N–H and O–H groups in total. The van der Waals surface area contributed by atoms with Crippen LogP contribution in [0.5, 0.6) is 0 Å². The van der Waals surface area contributed by atoms with E-state index in [0.29, 0.717) is 0 Å². The molecule has 0 aliphatic heterocycles. The molecule has 0 radical (unpaired) electrons. The van der Waals surface area contributed by atoms with Crippen molar-refractivity contribution in [3.8, 4) is 0 Å². The van der Waals surface area contributed by atoms with Crippen LogP contribution in [-0.2, 0) is 6.18 Å². The van der Waals surface area contributed by atoms with Gasteiger partial charge in [0.15, 0.2) is 0 Å². The zero-order valence-corrected chi connectivity index (χ0v) is 11.7. The molecule has 6 heteroatoms. The molecule has 0 atom stereocenters. The maximum Gasteiger partial charge on any atom is 0.416 e. The van der Waals surface area contributed by atoms with Crippen LogP contribution >= 0.6 is 15.9 Å². The smallest absolute Gasteiger partial charge is 0.278 e. The minimum atomic E-state index is -4.36. The van der Waals surface area contributed by atoms with Crippen LogP contribution in [0, 0.1) is 0 Å². The predicted octanol–water partition coefficient (Wildman–Crippen LogP) is 4.91. The van der Waals surface area contributed by atoms with Crippen LogP contribution in [0.3, 0.4) is 0 Å². The average Bonchev–Trinajstić information content (AvgIpc) is 2.38. The second-order valence-corrected chi connectivity index (χ2v) is 4.92. The molecule has 0 saturated heterocycles. The zero-order valence-electron chi connectivity index (χ0n) is 10.2. The topological polar surface area (TPSA) is 24.4 Å². The van der Waals surface area contributed by atoms with Gasteiger partial charge in [0, 0.05) is 4.47 Å². The Bertz CT molecular complexity index is 624. The quantitative estimate of drug-likeness (QED) is 0.621. The highest BCUT2D eigenvalue weighted by molar-refractivity contribution is 9.10. The molecule has 0 aliphatic carbocycles. The van der Waals surface area contributed by atoms with Gasteiger partial charge in [-0.25, -0.2) is 0 Å². The summed E-state index contributed by atoms with van der Waals surface area (Å²) in [5.41, 5.74) is 2.99. The third kappa shape index (κ3) is 4.09. The molecule has 0 amide bonds. The first-order chi connectivity index (χ1) is 9.45. The van der Waals surface area contributed by atoms with Crippen LogP contribution in [0.25, 0.3) is 0 Å². The molecule has 0 fully saturated rings. The monoisotopic (exact) mass is 342 g/mol. The lowest BCUT2D eigenvalue weighted by molar-refractivity contribution is -0.137. The number of halogens is 4. The van der Waals surface area contributed by atoms with Crippen LogP contribution in [0.4, 0.5) is 18.9 Å². The molecule has 2 nitrogen and oxygen atoms in total. The van der Waals surface area contributed by atoms with Crippen molar-refractivity contribution in [2.24, 2.45) is 5.10 Å². The fraction of sp³-hybridized carbons (Fsp3) is 0.0714. The third-order valence-corrected chi connectivity index (χ3v) is 2.94. The Labute approximate surface area is 122 Å². The van der Waals surface area contributed by atoms with Crippen molar-refractivity contribution in [2.45, 2.75) is 6.18 Å². The van der Waals surface area contributed by atoms with E-state index in [4.69, 9.17) is 0 Å². The molecule has 0 saturated carbocycles. The molecule has 0 unspecified atom stereocenters. The molecule has 0 aromatic heterocycles. The summed E-state index contributed by atoms with van der Waals surface area (Å²) in [6.45, 7) is 0. The summed E-state index contributed by atoms with van der Waals surface area (Å²) in [5.74, 6) is 0. The van der Waals surface area contributed by atoms with Crippen molar-refractivity contribution in [3.63, 3.8) is 0 Å². The van der Waals surface area contributed by atoms with Crippen molar-refractivity contribution >= 4 is 27.8 Å². The third-order valence-electron chi connectivity index (χ3n) is 2.45. The molecule has 2 rings (SSSR count). The highest BCUT2D eigenvalue weighted by Gasteiger charge is 2.30. The van der Waals surface area contributed by atoms with Crippen LogP contribution in [0.2, 0.25) is 0 Å². The SMILES string of the molecule is FC(F)(F)c1cccc(N/N=C\c2cccc(Br)c2)c1. The van der Waals surface area contributed by atoms with Crippen LogP contribution in [0.1, 0.15) is 11.1 Å².